The van der Waals surface area contributed by atoms with E-state index < -0.39 is 44.3 Å². The first-order valence-electron chi connectivity index (χ1n) is 6.46. The third kappa shape index (κ3) is 4.63. The van der Waals surface area contributed by atoms with Crippen molar-refractivity contribution in [2.24, 2.45) is 0 Å². The molecule has 0 unspecified atom stereocenters. The number of rotatable bonds is 4. The van der Waals surface area contributed by atoms with Crippen LogP contribution in [0.2, 0.25) is 0 Å². The van der Waals surface area contributed by atoms with Gasteiger partial charge in [0.15, 0.2) is 5.75 Å². The average molecular weight is 447 g/mol. The van der Waals surface area contributed by atoms with Crippen LogP contribution in [0.5, 0.6) is 5.75 Å². The lowest BCUT2D eigenvalue weighted by Crippen LogP contribution is -2.31. The maximum atomic E-state index is 12.7. The molecular formula is C13H14BrF3N2O5S. The van der Waals surface area contributed by atoms with Crippen LogP contribution in [0.4, 0.5) is 13.2 Å². The number of nitrogens with zero attached hydrogens (tertiary/aromatic N) is 2. The Morgan fingerprint density at radius 3 is 1.64 bits per heavy atom. The summed E-state index contributed by atoms with van der Waals surface area (Å²) < 4.78 is 65.1. The normalized spacial score (nSPS) is 11.8. The number of benzene rings is 1. The fourth-order valence-electron chi connectivity index (χ4n) is 1.64. The highest BCUT2D eigenvalue weighted by atomic mass is 79.9. The first-order valence-corrected chi connectivity index (χ1v) is 8.66. The van der Waals surface area contributed by atoms with Gasteiger partial charge in [-0.2, -0.15) is 21.6 Å². The Bertz CT molecular complexity index is 765. The number of hydrogen-bond donors (Lipinski definition) is 0. The number of carbonyl (C=O) groups is 2. The van der Waals surface area contributed by atoms with Gasteiger partial charge in [-0.05, 0) is 12.1 Å². The van der Waals surface area contributed by atoms with E-state index in [1.807, 2.05) is 0 Å². The van der Waals surface area contributed by atoms with Gasteiger partial charge in [0, 0.05) is 32.7 Å². The molecular weight excluding hydrogens is 433 g/mol. The zero-order valence-corrected chi connectivity index (χ0v) is 15.9. The predicted molar refractivity (Wildman–Crippen MR) is 85.8 cm³/mol. The van der Waals surface area contributed by atoms with Crippen LogP contribution in [-0.4, -0.2) is 63.7 Å². The summed E-state index contributed by atoms with van der Waals surface area (Å²) in [6, 6.07) is 2.13. The Labute approximate surface area is 150 Å². The minimum atomic E-state index is -6.08. The SMILES string of the molecule is CN(C)C(=O)c1cc(Br)cc(C(=O)N(C)C)c1OS(=O)(=O)C(F)(F)F. The van der Waals surface area contributed by atoms with Gasteiger partial charge in [0.1, 0.15) is 0 Å². The molecule has 0 aromatic heterocycles. The van der Waals surface area contributed by atoms with Crippen LogP contribution in [0.3, 0.4) is 0 Å². The summed E-state index contributed by atoms with van der Waals surface area (Å²) >= 11 is 3.03. The van der Waals surface area contributed by atoms with Gasteiger partial charge < -0.3 is 14.0 Å². The van der Waals surface area contributed by atoms with E-state index in [9.17, 15) is 31.2 Å². The molecule has 7 nitrogen and oxygen atoms in total. The van der Waals surface area contributed by atoms with Crippen molar-refractivity contribution in [3.05, 3.63) is 27.7 Å². The van der Waals surface area contributed by atoms with Gasteiger partial charge in [0.25, 0.3) is 11.8 Å². The Hall–Kier alpha value is -1.82. The molecule has 0 saturated carbocycles. The second-order valence-electron chi connectivity index (χ2n) is 5.21. The Kier molecular flexibility index (Phi) is 6.11. The van der Waals surface area contributed by atoms with Gasteiger partial charge in [0.05, 0.1) is 11.1 Å². The van der Waals surface area contributed by atoms with Gasteiger partial charge in [-0.1, -0.05) is 15.9 Å². The average Bonchev–Trinajstić information content (AvgIpc) is 2.45. The molecule has 1 aromatic carbocycles. The van der Waals surface area contributed by atoms with Gasteiger partial charge in [-0.25, -0.2) is 0 Å². The van der Waals surface area contributed by atoms with E-state index in [-0.39, 0.29) is 4.47 Å². The summed E-state index contributed by atoms with van der Waals surface area (Å²) in [4.78, 5) is 26.4. The molecule has 0 aliphatic heterocycles. The van der Waals surface area contributed by atoms with Gasteiger partial charge in [-0.3, -0.25) is 9.59 Å². The molecule has 0 aliphatic rings. The first-order chi connectivity index (χ1) is 11.2. The highest BCUT2D eigenvalue weighted by Crippen LogP contribution is 2.34. The zero-order valence-electron chi connectivity index (χ0n) is 13.5. The highest BCUT2D eigenvalue weighted by Gasteiger charge is 2.49. The Morgan fingerprint density at radius 1 is 1.00 bits per heavy atom. The lowest BCUT2D eigenvalue weighted by atomic mass is 10.1. The van der Waals surface area contributed by atoms with Crippen molar-refractivity contribution >= 4 is 37.9 Å². The maximum Gasteiger partial charge on any atom is 0.534 e. The van der Waals surface area contributed by atoms with Crippen molar-refractivity contribution < 1.29 is 35.4 Å². The second-order valence-corrected chi connectivity index (χ2v) is 7.67. The Morgan fingerprint density at radius 2 is 1.36 bits per heavy atom. The van der Waals surface area contributed by atoms with E-state index in [1.165, 1.54) is 28.2 Å². The van der Waals surface area contributed by atoms with Crippen LogP contribution in [0.15, 0.2) is 16.6 Å². The van der Waals surface area contributed by atoms with E-state index >= 15 is 0 Å². The summed E-state index contributed by atoms with van der Waals surface area (Å²) in [5, 5.41) is 0. The topological polar surface area (TPSA) is 84.0 Å². The number of halogens is 4. The second kappa shape index (κ2) is 7.20. The van der Waals surface area contributed by atoms with Crippen molar-refractivity contribution in [1.29, 1.82) is 0 Å². The third-order valence-corrected chi connectivity index (χ3v) is 4.21. The summed E-state index contributed by atoms with van der Waals surface area (Å²) in [7, 11) is -0.867. The minimum Gasteiger partial charge on any atom is -0.374 e. The molecule has 25 heavy (non-hydrogen) atoms. The fraction of sp³-hybridized carbons (Fsp3) is 0.385. The van der Waals surface area contributed by atoms with Crippen LogP contribution >= 0.6 is 15.9 Å². The van der Waals surface area contributed by atoms with Crippen molar-refractivity contribution in [3.63, 3.8) is 0 Å². The molecule has 0 radical (unpaired) electrons. The van der Waals surface area contributed by atoms with Crippen LogP contribution in [0.1, 0.15) is 20.7 Å². The predicted octanol–water partition coefficient (Wildman–Crippen LogP) is 2.08. The number of alkyl halides is 3. The van der Waals surface area contributed by atoms with E-state index in [4.69, 9.17) is 0 Å². The van der Waals surface area contributed by atoms with Crippen LogP contribution < -0.4 is 4.18 Å². The zero-order chi connectivity index (χ0) is 19.7. The number of carbonyl (C=O) groups excluding carboxylic acids is 2. The van der Waals surface area contributed by atoms with Crippen LogP contribution in [0, 0.1) is 0 Å². The van der Waals surface area contributed by atoms with Crippen molar-refractivity contribution in [3.8, 4) is 5.75 Å². The molecule has 0 heterocycles. The van der Waals surface area contributed by atoms with Crippen LogP contribution in [-0.2, 0) is 10.1 Å². The van der Waals surface area contributed by atoms with Crippen molar-refractivity contribution in [2.75, 3.05) is 28.2 Å². The molecule has 0 bridgehead atoms. The monoisotopic (exact) mass is 446 g/mol. The van der Waals surface area contributed by atoms with E-state index in [0.717, 1.165) is 21.9 Å². The molecule has 0 spiro atoms. The smallest absolute Gasteiger partial charge is 0.374 e. The Balaban J connectivity index is 3.75. The molecule has 0 N–H and O–H groups in total. The first kappa shape index (κ1) is 21.2. The number of amides is 2. The van der Waals surface area contributed by atoms with Gasteiger partial charge in [-0.15, -0.1) is 0 Å². The minimum absolute atomic E-state index is 0.180. The van der Waals surface area contributed by atoms with Crippen LogP contribution in [0.25, 0.3) is 0 Å². The lowest BCUT2D eigenvalue weighted by molar-refractivity contribution is -0.0500. The van der Waals surface area contributed by atoms with Gasteiger partial charge in [0.2, 0.25) is 0 Å². The summed E-state index contributed by atoms with van der Waals surface area (Å²) in [5.74, 6) is -2.68. The molecule has 140 valence electrons. The number of hydrogen-bond acceptors (Lipinski definition) is 5. The quantitative estimate of drug-likeness (QED) is 0.522. The summed E-state index contributed by atoms with van der Waals surface area (Å²) in [5.41, 5.74) is -6.76. The third-order valence-electron chi connectivity index (χ3n) is 2.80. The molecule has 2 amide bonds. The molecule has 0 aliphatic carbocycles. The van der Waals surface area contributed by atoms with E-state index in [2.05, 4.69) is 20.1 Å². The maximum absolute atomic E-state index is 12.7. The van der Waals surface area contributed by atoms with E-state index in [0.29, 0.717) is 0 Å². The highest BCUT2D eigenvalue weighted by molar-refractivity contribution is 9.10. The largest absolute Gasteiger partial charge is 0.534 e. The molecule has 0 atom stereocenters. The van der Waals surface area contributed by atoms with E-state index in [1.54, 1.807) is 0 Å². The summed E-state index contributed by atoms with van der Waals surface area (Å²) in [6.07, 6.45) is 0. The van der Waals surface area contributed by atoms with Crippen molar-refractivity contribution in [2.45, 2.75) is 5.51 Å². The molecule has 1 rings (SSSR count). The summed E-state index contributed by atoms with van der Waals surface area (Å²) in [6.45, 7) is 0. The van der Waals surface area contributed by atoms with Crippen molar-refractivity contribution in [1.82, 2.24) is 9.80 Å². The lowest BCUT2D eigenvalue weighted by Gasteiger charge is -2.20. The standard InChI is InChI=1S/C13H14BrF3N2O5S/c1-18(2)11(20)8-5-7(14)6-9(12(21)19(3)4)10(8)24-25(22,23)13(15,16)17/h5-6H,1-4H3. The molecule has 0 saturated heterocycles. The molecule has 1 aromatic rings. The fourth-order valence-corrected chi connectivity index (χ4v) is 2.59. The molecule has 0 fully saturated rings. The van der Waals surface area contributed by atoms with Gasteiger partial charge >= 0.3 is 15.6 Å². The molecule has 12 heteroatoms.